The Morgan fingerprint density at radius 2 is 2.08 bits per heavy atom. The zero-order valence-electron chi connectivity index (χ0n) is 14.9. The topological polar surface area (TPSA) is 77.7 Å². The van der Waals surface area contributed by atoms with Gasteiger partial charge in [-0.15, -0.1) is 11.3 Å². The number of rotatable bonds is 2. The van der Waals surface area contributed by atoms with Gasteiger partial charge in [-0.3, -0.25) is 9.20 Å². The molecule has 0 bridgehead atoms. The van der Waals surface area contributed by atoms with E-state index in [2.05, 4.69) is 4.98 Å². The molecule has 0 fully saturated rings. The molecule has 0 spiro atoms. The fraction of sp³-hybridized carbons (Fsp3) is 0.278. The van der Waals surface area contributed by atoms with Crippen LogP contribution in [0.5, 0.6) is 0 Å². The van der Waals surface area contributed by atoms with E-state index in [0.717, 1.165) is 16.1 Å². The van der Waals surface area contributed by atoms with Crippen LogP contribution >= 0.6 is 11.3 Å². The van der Waals surface area contributed by atoms with Crippen LogP contribution < -0.4 is 24.0 Å². The van der Waals surface area contributed by atoms with Crippen molar-refractivity contribution in [2.24, 2.45) is 0 Å². The summed E-state index contributed by atoms with van der Waals surface area (Å²) in [5, 5.41) is 12.9. The largest absolute Gasteiger partial charge is 1.00 e. The molecule has 1 amide bonds. The summed E-state index contributed by atoms with van der Waals surface area (Å²) < 4.78 is 1.77. The number of pyridine rings is 1. The van der Waals surface area contributed by atoms with Crippen LogP contribution in [0.3, 0.4) is 0 Å². The van der Waals surface area contributed by atoms with Crippen LogP contribution in [0, 0.1) is 0 Å². The minimum absolute atomic E-state index is 0. The van der Waals surface area contributed by atoms with Crippen molar-refractivity contribution in [2.45, 2.75) is 25.8 Å². The number of carboxylic acids is 1. The quantitative estimate of drug-likeness (QED) is 0.532. The fourth-order valence-corrected chi connectivity index (χ4v) is 4.75. The van der Waals surface area contributed by atoms with Crippen LogP contribution in [-0.4, -0.2) is 32.7 Å². The second-order valence-corrected chi connectivity index (χ2v) is 7.46. The Morgan fingerprint density at radius 1 is 1.31 bits per heavy atom. The second kappa shape index (κ2) is 6.58. The molecule has 0 aliphatic carbocycles. The molecule has 0 unspecified atom stereocenters. The van der Waals surface area contributed by atoms with Crippen LogP contribution in [0.25, 0.3) is 5.65 Å². The Hall–Kier alpha value is -2.07. The molecule has 128 valence electrons. The molecule has 4 rings (SSSR count). The van der Waals surface area contributed by atoms with Gasteiger partial charge in [-0.1, -0.05) is 6.07 Å². The number of carbonyl (C=O) groups excluding carboxylic acids is 2. The van der Waals surface area contributed by atoms with E-state index in [1.165, 1.54) is 11.3 Å². The molecule has 0 atom stereocenters. The summed E-state index contributed by atoms with van der Waals surface area (Å²) in [6, 6.07) is 5.58. The van der Waals surface area contributed by atoms with Crippen molar-refractivity contribution in [3.63, 3.8) is 0 Å². The molecule has 0 saturated heterocycles. The van der Waals surface area contributed by atoms with Gasteiger partial charge in [0, 0.05) is 28.6 Å². The molecule has 3 aromatic rings. The van der Waals surface area contributed by atoms with Crippen molar-refractivity contribution < 1.29 is 33.6 Å². The van der Waals surface area contributed by atoms with E-state index in [1.807, 2.05) is 38.2 Å². The van der Waals surface area contributed by atoms with E-state index < -0.39 is 11.5 Å². The third kappa shape index (κ3) is 2.67. The summed E-state index contributed by atoms with van der Waals surface area (Å²) in [6.45, 7) is 4.35. The minimum atomic E-state index is -1.16. The maximum atomic E-state index is 13.2. The average Bonchev–Trinajstić information content (AvgIpc) is 3.19. The van der Waals surface area contributed by atoms with Gasteiger partial charge in [0.05, 0.1) is 17.7 Å². The van der Waals surface area contributed by atoms with Crippen LogP contribution in [0.15, 0.2) is 36.0 Å². The van der Waals surface area contributed by atoms with Gasteiger partial charge in [0.2, 0.25) is 0 Å². The maximum Gasteiger partial charge on any atom is 1.00 e. The molecule has 0 N–H and O–H groups in total. The molecular weight excluding hydrogens is 345 g/mol. The summed E-state index contributed by atoms with van der Waals surface area (Å²) >= 11 is 1.37. The molecule has 3 aromatic heterocycles. The molecule has 8 heteroatoms. The van der Waals surface area contributed by atoms with Crippen LogP contribution in [0.1, 0.15) is 45.1 Å². The summed E-state index contributed by atoms with van der Waals surface area (Å²) in [7, 11) is 0. The molecule has 0 radical (unpaired) electrons. The van der Waals surface area contributed by atoms with Crippen LogP contribution in [0.4, 0.5) is 0 Å². The van der Waals surface area contributed by atoms with Crippen molar-refractivity contribution in [3.8, 4) is 0 Å². The van der Waals surface area contributed by atoms with E-state index in [1.54, 1.807) is 20.9 Å². The van der Waals surface area contributed by atoms with Gasteiger partial charge in [-0.05, 0) is 38.0 Å². The van der Waals surface area contributed by atoms with Crippen LogP contribution in [-0.2, 0) is 12.0 Å². The van der Waals surface area contributed by atoms with Gasteiger partial charge < -0.3 is 14.8 Å². The standard InChI is InChI=1S/C18H17N3O3S.Li/c1-18(2)15-11(12(10-25-15)17(23)24)6-8-21(18)16(22)13-9-19-14-5-3-4-7-20(13)14;/h3-5,7,9-10H,6,8H2,1-2H3,(H,23,24);/q;+1/p-1. The van der Waals surface area contributed by atoms with Gasteiger partial charge in [-0.25, -0.2) is 4.98 Å². The number of nitrogens with zero attached hydrogens (tertiary/aromatic N) is 3. The Balaban J connectivity index is 0.00000196. The smallest absolute Gasteiger partial charge is 0.545 e. The summed E-state index contributed by atoms with van der Waals surface area (Å²) in [4.78, 5) is 31.5. The third-order valence-corrected chi connectivity index (χ3v) is 6.15. The van der Waals surface area contributed by atoms with E-state index in [-0.39, 0.29) is 30.3 Å². The van der Waals surface area contributed by atoms with Crippen molar-refractivity contribution in [1.82, 2.24) is 14.3 Å². The SMILES string of the molecule is CC1(C)c2scc(C(=O)[O-])c2CCN1C(=O)c1cnc2ccccn12.[Li+]. The predicted octanol–water partition coefficient (Wildman–Crippen LogP) is -1.30. The third-order valence-electron chi connectivity index (χ3n) is 4.81. The van der Waals surface area contributed by atoms with E-state index >= 15 is 0 Å². The number of carboxylic acid groups (broad SMARTS) is 1. The van der Waals surface area contributed by atoms with Gasteiger partial charge in [-0.2, -0.15) is 0 Å². The number of fused-ring (bicyclic) bond motifs is 2. The molecule has 0 saturated carbocycles. The van der Waals surface area contributed by atoms with Gasteiger partial charge in [0.25, 0.3) is 5.91 Å². The molecule has 0 aromatic carbocycles. The van der Waals surface area contributed by atoms with Gasteiger partial charge >= 0.3 is 18.9 Å². The molecule has 26 heavy (non-hydrogen) atoms. The second-order valence-electron chi connectivity index (χ2n) is 6.58. The van der Waals surface area contributed by atoms with E-state index in [4.69, 9.17) is 0 Å². The Kier molecular flexibility index (Phi) is 4.74. The monoisotopic (exact) mass is 361 g/mol. The predicted molar refractivity (Wildman–Crippen MR) is 91.6 cm³/mol. The normalized spacial score (nSPS) is 15.4. The number of hydrogen-bond donors (Lipinski definition) is 0. The Morgan fingerprint density at radius 3 is 2.81 bits per heavy atom. The zero-order valence-corrected chi connectivity index (χ0v) is 15.7. The van der Waals surface area contributed by atoms with Gasteiger partial charge in [0.15, 0.2) is 0 Å². The van der Waals surface area contributed by atoms with Crippen molar-refractivity contribution in [3.05, 3.63) is 57.7 Å². The Labute approximate surface area is 166 Å². The number of thiophene rings is 1. The summed E-state index contributed by atoms with van der Waals surface area (Å²) in [6.07, 6.45) is 3.91. The molecular formula is C18H16LiN3O3S. The summed E-state index contributed by atoms with van der Waals surface area (Å²) in [5.74, 6) is -1.27. The molecule has 4 heterocycles. The van der Waals surface area contributed by atoms with E-state index in [9.17, 15) is 14.7 Å². The fourth-order valence-electron chi connectivity index (χ4n) is 3.53. The van der Waals surface area contributed by atoms with Gasteiger partial charge in [0.1, 0.15) is 11.3 Å². The molecule has 6 nitrogen and oxygen atoms in total. The van der Waals surface area contributed by atoms with Crippen molar-refractivity contribution >= 4 is 28.9 Å². The average molecular weight is 361 g/mol. The number of carbonyl (C=O) groups is 2. The van der Waals surface area contributed by atoms with Crippen LogP contribution in [0.2, 0.25) is 0 Å². The first-order valence-corrected chi connectivity index (χ1v) is 8.85. The Bertz CT molecular complexity index is 1010. The first kappa shape index (κ1) is 18.7. The molecule has 1 aliphatic rings. The minimum Gasteiger partial charge on any atom is -0.545 e. The maximum absolute atomic E-state index is 13.2. The van der Waals surface area contributed by atoms with Crippen molar-refractivity contribution in [2.75, 3.05) is 6.54 Å². The number of hydrogen-bond acceptors (Lipinski definition) is 5. The van der Waals surface area contributed by atoms with E-state index in [0.29, 0.717) is 18.7 Å². The first-order valence-electron chi connectivity index (χ1n) is 7.97. The number of imidazole rings is 1. The van der Waals surface area contributed by atoms with Crippen molar-refractivity contribution in [1.29, 1.82) is 0 Å². The number of amides is 1. The molecule has 1 aliphatic heterocycles. The summed E-state index contributed by atoms with van der Waals surface area (Å²) in [5.41, 5.74) is 1.66. The number of aromatic nitrogens is 2. The zero-order chi connectivity index (χ0) is 17.8. The number of aromatic carboxylic acids is 1. The first-order chi connectivity index (χ1) is 11.9.